The molecule has 0 radical (unpaired) electrons. The average molecular weight is 499 g/mol. The topological polar surface area (TPSA) is 124 Å². The third-order valence-corrected chi connectivity index (χ3v) is 7.01. The second-order valence-electron chi connectivity index (χ2n) is 9.75. The first kappa shape index (κ1) is 23.2. The van der Waals surface area contributed by atoms with E-state index in [2.05, 4.69) is 29.7 Å². The monoisotopic (exact) mass is 498 g/mol. The minimum atomic E-state index is -0.213. The van der Waals surface area contributed by atoms with Gasteiger partial charge in [-0.25, -0.2) is 19.9 Å². The van der Waals surface area contributed by atoms with Crippen molar-refractivity contribution in [3.8, 4) is 5.75 Å². The third-order valence-electron chi connectivity index (χ3n) is 7.01. The van der Waals surface area contributed by atoms with Crippen molar-refractivity contribution in [2.24, 2.45) is 0 Å². The van der Waals surface area contributed by atoms with Gasteiger partial charge in [-0.1, -0.05) is 0 Å². The van der Waals surface area contributed by atoms with Crippen molar-refractivity contribution in [1.29, 1.82) is 0 Å². The Morgan fingerprint density at radius 2 is 1.92 bits per heavy atom. The molecule has 10 nitrogen and oxygen atoms in total. The number of hydrogen-bond acceptors (Lipinski definition) is 8. The van der Waals surface area contributed by atoms with Crippen LogP contribution in [0.15, 0.2) is 43.0 Å². The standard InChI is InChI=1S/C27H30N8O2/c1-37-22-11-17(10-20-6-7-29-24(28)23(20)22)12-30-26(36)21-16-35(25(33-21)19-4-5-19)15-18-13-31-27(32-14-18)34-8-2-3-9-34/h6-7,10-11,13-14,16,19H,2-5,8-9,12,15H2,1H3,(H2,28,29)(H,30,36). The van der Waals surface area contributed by atoms with Crippen molar-refractivity contribution < 1.29 is 9.53 Å². The van der Waals surface area contributed by atoms with Gasteiger partial charge in [-0.15, -0.1) is 0 Å². The number of nitrogen functional groups attached to an aromatic ring is 1. The molecule has 10 heteroatoms. The maximum atomic E-state index is 13.1. The Morgan fingerprint density at radius 3 is 2.65 bits per heavy atom. The zero-order chi connectivity index (χ0) is 25.4. The maximum absolute atomic E-state index is 13.1. The molecule has 2 fully saturated rings. The number of fused-ring (bicyclic) bond motifs is 1. The Labute approximate surface area is 214 Å². The number of amides is 1. The van der Waals surface area contributed by atoms with E-state index in [0.29, 0.717) is 36.3 Å². The predicted molar refractivity (Wildman–Crippen MR) is 141 cm³/mol. The van der Waals surface area contributed by atoms with Crippen molar-refractivity contribution in [2.75, 3.05) is 30.8 Å². The largest absolute Gasteiger partial charge is 0.496 e. The van der Waals surface area contributed by atoms with Crippen LogP contribution < -0.4 is 20.7 Å². The predicted octanol–water partition coefficient (Wildman–Crippen LogP) is 3.27. The summed E-state index contributed by atoms with van der Waals surface area (Å²) in [6, 6.07) is 5.74. The van der Waals surface area contributed by atoms with E-state index in [9.17, 15) is 4.79 Å². The number of anilines is 2. The molecule has 3 N–H and O–H groups in total. The highest BCUT2D eigenvalue weighted by Gasteiger charge is 2.30. The van der Waals surface area contributed by atoms with Crippen LogP contribution in [0.2, 0.25) is 0 Å². The van der Waals surface area contributed by atoms with Crippen molar-refractivity contribution >= 4 is 28.4 Å². The highest BCUT2D eigenvalue weighted by molar-refractivity contribution is 5.97. The van der Waals surface area contributed by atoms with Crippen LogP contribution in [0.3, 0.4) is 0 Å². The number of nitrogens with one attached hydrogen (secondary N) is 1. The van der Waals surface area contributed by atoms with Crippen LogP contribution in [0, 0.1) is 0 Å². The first-order chi connectivity index (χ1) is 18.1. The Balaban J connectivity index is 1.17. The number of carbonyl (C=O) groups excluding carboxylic acids is 1. The zero-order valence-electron chi connectivity index (χ0n) is 20.9. The third kappa shape index (κ3) is 4.78. The normalized spacial score (nSPS) is 15.3. The van der Waals surface area contributed by atoms with Gasteiger partial charge in [0.15, 0.2) is 0 Å². The van der Waals surface area contributed by atoms with E-state index >= 15 is 0 Å². The molecule has 0 unspecified atom stereocenters. The van der Waals surface area contributed by atoms with Gasteiger partial charge in [0.2, 0.25) is 5.95 Å². The van der Waals surface area contributed by atoms with Crippen LogP contribution >= 0.6 is 0 Å². The van der Waals surface area contributed by atoms with Crippen molar-refractivity contribution in [3.63, 3.8) is 0 Å². The van der Waals surface area contributed by atoms with E-state index in [4.69, 9.17) is 15.5 Å². The van der Waals surface area contributed by atoms with E-state index in [1.165, 1.54) is 12.8 Å². The number of methoxy groups -OCH3 is 1. The molecule has 190 valence electrons. The van der Waals surface area contributed by atoms with Crippen LogP contribution in [0.1, 0.15) is 59.0 Å². The summed E-state index contributed by atoms with van der Waals surface area (Å²) in [4.78, 5) is 33.3. The SMILES string of the molecule is COc1cc(CNC(=O)c2cn(Cc3cnc(N4CCCC4)nc3)c(C3CC3)n2)cc2ccnc(N)c12. The van der Waals surface area contributed by atoms with E-state index in [-0.39, 0.29) is 5.91 Å². The highest BCUT2D eigenvalue weighted by atomic mass is 16.5. The number of nitrogens with zero attached hydrogens (tertiary/aromatic N) is 6. The summed E-state index contributed by atoms with van der Waals surface area (Å²) in [5, 5.41) is 4.68. The fourth-order valence-electron chi connectivity index (χ4n) is 4.94. The molecule has 6 rings (SSSR count). The minimum Gasteiger partial charge on any atom is -0.496 e. The number of rotatable bonds is 8. The lowest BCUT2D eigenvalue weighted by molar-refractivity contribution is 0.0946. The van der Waals surface area contributed by atoms with Crippen molar-refractivity contribution in [3.05, 3.63) is 65.6 Å². The molecule has 3 aromatic heterocycles. The molecule has 0 bridgehead atoms. The number of carbonyl (C=O) groups is 1. The van der Waals surface area contributed by atoms with Crippen LogP contribution in [-0.4, -0.2) is 50.6 Å². The van der Waals surface area contributed by atoms with Gasteiger partial charge < -0.3 is 25.3 Å². The molecule has 1 aliphatic carbocycles. The Bertz CT molecular complexity index is 1440. The van der Waals surface area contributed by atoms with Gasteiger partial charge in [0.25, 0.3) is 5.91 Å². The maximum Gasteiger partial charge on any atom is 0.271 e. The summed E-state index contributed by atoms with van der Waals surface area (Å²) in [6.07, 6.45) is 11.8. The second kappa shape index (κ2) is 9.68. The van der Waals surface area contributed by atoms with Gasteiger partial charge in [-0.05, 0) is 54.8 Å². The molecule has 1 amide bonds. The van der Waals surface area contributed by atoms with Gasteiger partial charge in [-0.2, -0.15) is 0 Å². The quantitative estimate of drug-likeness (QED) is 0.379. The lowest BCUT2D eigenvalue weighted by Crippen LogP contribution is -2.23. The smallest absolute Gasteiger partial charge is 0.271 e. The molecule has 1 saturated carbocycles. The number of hydrogen-bond donors (Lipinski definition) is 2. The summed E-state index contributed by atoms with van der Waals surface area (Å²) in [5.41, 5.74) is 8.35. The molecular weight excluding hydrogens is 468 g/mol. The lowest BCUT2D eigenvalue weighted by Gasteiger charge is -2.15. The first-order valence-corrected chi connectivity index (χ1v) is 12.7. The van der Waals surface area contributed by atoms with Gasteiger partial charge in [0, 0.05) is 55.9 Å². The molecular formula is C27H30N8O2. The molecule has 37 heavy (non-hydrogen) atoms. The molecule has 4 heterocycles. The summed E-state index contributed by atoms with van der Waals surface area (Å²) >= 11 is 0. The number of imidazole rings is 1. The Kier molecular flexibility index (Phi) is 6.07. The number of ether oxygens (including phenoxy) is 1. The molecule has 0 spiro atoms. The van der Waals surface area contributed by atoms with Crippen LogP contribution in [0.5, 0.6) is 5.75 Å². The average Bonchev–Trinajstić information content (AvgIpc) is 3.43. The summed E-state index contributed by atoms with van der Waals surface area (Å²) in [5.74, 6) is 2.97. The fraction of sp³-hybridized carbons (Fsp3) is 0.370. The van der Waals surface area contributed by atoms with Crippen LogP contribution in [0.25, 0.3) is 10.8 Å². The molecule has 1 aliphatic heterocycles. The van der Waals surface area contributed by atoms with Gasteiger partial charge >= 0.3 is 0 Å². The van der Waals surface area contributed by atoms with E-state index in [0.717, 1.165) is 59.6 Å². The van der Waals surface area contributed by atoms with E-state index in [1.54, 1.807) is 13.3 Å². The molecule has 1 saturated heterocycles. The molecule has 2 aliphatic rings. The van der Waals surface area contributed by atoms with E-state index < -0.39 is 0 Å². The number of benzene rings is 1. The summed E-state index contributed by atoms with van der Waals surface area (Å²) < 4.78 is 7.59. The lowest BCUT2D eigenvalue weighted by atomic mass is 10.1. The van der Waals surface area contributed by atoms with Crippen molar-refractivity contribution in [2.45, 2.75) is 44.7 Å². The summed E-state index contributed by atoms with van der Waals surface area (Å²) in [6.45, 7) is 2.96. The zero-order valence-corrected chi connectivity index (χ0v) is 20.9. The van der Waals surface area contributed by atoms with E-state index in [1.807, 2.05) is 36.8 Å². The van der Waals surface area contributed by atoms with Crippen LogP contribution in [0.4, 0.5) is 11.8 Å². The number of pyridine rings is 1. The van der Waals surface area contributed by atoms with Gasteiger partial charge in [0.1, 0.15) is 23.1 Å². The van der Waals surface area contributed by atoms with Gasteiger partial charge in [-0.3, -0.25) is 4.79 Å². The summed E-state index contributed by atoms with van der Waals surface area (Å²) in [7, 11) is 1.60. The Morgan fingerprint density at radius 1 is 1.14 bits per heavy atom. The van der Waals surface area contributed by atoms with Crippen LogP contribution in [-0.2, 0) is 13.1 Å². The highest BCUT2D eigenvalue weighted by Crippen LogP contribution is 2.39. The molecule has 1 aromatic carbocycles. The molecule has 0 atom stereocenters. The van der Waals surface area contributed by atoms with Gasteiger partial charge in [0.05, 0.1) is 19.0 Å². The minimum absolute atomic E-state index is 0.213. The molecule has 4 aromatic rings. The first-order valence-electron chi connectivity index (χ1n) is 12.7. The van der Waals surface area contributed by atoms with Crippen molar-refractivity contribution in [1.82, 2.24) is 29.8 Å². The second-order valence-corrected chi connectivity index (χ2v) is 9.75. The number of aromatic nitrogens is 5. The fourth-order valence-corrected chi connectivity index (χ4v) is 4.94. The Hall–Kier alpha value is -4.21. The number of nitrogens with two attached hydrogens (primary N) is 1.